The van der Waals surface area contributed by atoms with E-state index in [0.29, 0.717) is 18.1 Å². The van der Waals surface area contributed by atoms with Gasteiger partial charge in [-0.25, -0.2) is 0 Å². The van der Waals surface area contributed by atoms with Gasteiger partial charge in [-0.15, -0.1) is 10.2 Å². The van der Waals surface area contributed by atoms with Crippen LogP contribution in [0.5, 0.6) is 11.5 Å². The molecular formula is C23H30N5O3+. The van der Waals surface area contributed by atoms with Crippen molar-refractivity contribution >= 4 is 11.6 Å². The van der Waals surface area contributed by atoms with Crippen molar-refractivity contribution in [2.75, 3.05) is 26.3 Å². The Labute approximate surface area is 182 Å². The molecule has 1 fully saturated rings. The second-order valence-electron chi connectivity index (χ2n) is 7.69. The third-order valence-electron chi connectivity index (χ3n) is 5.46. The fourth-order valence-electron chi connectivity index (χ4n) is 3.84. The van der Waals surface area contributed by atoms with Crippen LogP contribution in [0.15, 0.2) is 42.6 Å². The summed E-state index contributed by atoms with van der Waals surface area (Å²) in [6.45, 7) is 5.68. The van der Waals surface area contributed by atoms with Crippen LogP contribution >= 0.6 is 0 Å². The SMILES string of the molecule is CCOc1cc(C[NH2+]Cc2nnc3ccccn23)ccc1OCC(=O)N1CCCCC1. The number of amides is 1. The molecule has 1 saturated heterocycles. The quantitative estimate of drug-likeness (QED) is 0.566. The Morgan fingerprint density at radius 1 is 1.03 bits per heavy atom. The van der Waals surface area contributed by atoms with E-state index in [0.717, 1.165) is 56.1 Å². The number of pyridine rings is 1. The molecule has 2 N–H and O–H groups in total. The van der Waals surface area contributed by atoms with Gasteiger partial charge in [0.2, 0.25) is 0 Å². The lowest BCUT2D eigenvalue weighted by Crippen LogP contribution is -2.81. The number of ether oxygens (including phenoxy) is 2. The van der Waals surface area contributed by atoms with Crippen LogP contribution in [0.2, 0.25) is 0 Å². The molecule has 4 rings (SSSR count). The number of nitrogens with two attached hydrogens (primary N) is 1. The summed E-state index contributed by atoms with van der Waals surface area (Å²) >= 11 is 0. The summed E-state index contributed by atoms with van der Waals surface area (Å²) in [7, 11) is 0. The Bertz CT molecular complexity index is 1010. The molecule has 0 saturated carbocycles. The van der Waals surface area contributed by atoms with Gasteiger partial charge in [-0.1, -0.05) is 6.07 Å². The number of likely N-dealkylation sites (tertiary alicyclic amines) is 1. The molecular weight excluding hydrogens is 394 g/mol. The molecule has 1 aliphatic heterocycles. The molecule has 0 unspecified atom stereocenters. The summed E-state index contributed by atoms with van der Waals surface area (Å²) < 4.78 is 13.6. The van der Waals surface area contributed by atoms with E-state index in [1.54, 1.807) is 0 Å². The first-order valence-electron chi connectivity index (χ1n) is 11.0. The highest BCUT2D eigenvalue weighted by molar-refractivity contribution is 5.78. The molecule has 1 aliphatic rings. The number of piperidine rings is 1. The van der Waals surface area contributed by atoms with Gasteiger partial charge >= 0.3 is 0 Å². The Hall–Kier alpha value is -3.13. The second-order valence-corrected chi connectivity index (χ2v) is 7.69. The van der Waals surface area contributed by atoms with Crippen molar-refractivity contribution < 1.29 is 19.6 Å². The van der Waals surface area contributed by atoms with Gasteiger partial charge in [0.15, 0.2) is 29.6 Å². The van der Waals surface area contributed by atoms with Crippen LogP contribution in [0.3, 0.4) is 0 Å². The lowest BCUT2D eigenvalue weighted by molar-refractivity contribution is -0.687. The number of rotatable bonds is 9. The fourth-order valence-corrected chi connectivity index (χ4v) is 3.84. The molecule has 0 bridgehead atoms. The number of carbonyl (C=O) groups excluding carboxylic acids is 1. The average molecular weight is 425 g/mol. The number of carbonyl (C=O) groups is 1. The van der Waals surface area contributed by atoms with Crippen molar-refractivity contribution in [1.82, 2.24) is 19.5 Å². The maximum atomic E-state index is 12.4. The largest absolute Gasteiger partial charge is 0.490 e. The zero-order chi connectivity index (χ0) is 21.5. The van der Waals surface area contributed by atoms with Crippen LogP contribution in [0.4, 0.5) is 0 Å². The van der Waals surface area contributed by atoms with Crippen molar-refractivity contribution in [3.8, 4) is 11.5 Å². The van der Waals surface area contributed by atoms with Gasteiger partial charge in [-0.2, -0.15) is 0 Å². The number of aromatic nitrogens is 3. The first-order valence-corrected chi connectivity index (χ1v) is 11.0. The fraction of sp³-hybridized carbons (Fsp3) is 0.435. The Morgan fingerprint density at radius 2 is 1.90 bits per heavy atom. The van der Waals surface area contributed by atoms with Crippen molar-refractivity contribution in [2.45, 2.75) is 39.3 Å². The van der Waals surface area contributed by atoms with Crippen LogP contribution in [-0.2, 0) is 17.9 Å². The standard InChI is InChI=1S/C23H29N5O3/c1-2-30-20-14-18(15-24-16-22-26-25-21-8-4-7-13-28(21)22)9-10-19(20)31-17-23(29)27-11-5-3-6-12-27/h4,7-10,13-14,24H,2-3,5-6,11-12,15-17H2,1H3/p+1. The molecule has 0 aliphatic carbocycles. The number of quaternary nitrogens is 1. The van der Waals surface area contributed by atoms with Gasteiger partial charge in [0, 0.05) is 24.8 Å². The number of nitrogens with zero attached hydrogens (tertiary/aromatic N) is 4. The highest BCUT2D eigenvalue weighted by Crippen LogP contribution is 2.28. The minimum absolute atomic E-state index is 0.0418. The summed E-state index contributed by atoms with van der Waals surface area (Å²) in [6, 6.07) is 11.8. The van der Waals surface area contributed by atoms with E-state index in [1.807, 2.05) is 58.8 Å². The van der Waals surface area contributed by atoms with Gasteiger partial charge in [0.25, 0.3) is 5.91 Å². The van der Waals surface area contributed by atoms with E-state index in [-0.39, 0.29) is 12.5 Å². The summed E-state index contributed by atoms with van der Waals surface area (Å²) in [6.07, 6.45) is 5.32. The number of fused-ring (bicyclic) bond motifs is 1. The van der Waals surface area contributed by atoms with Crippen LogP contribution in [0.1, 0.15) is 37.6 Å². The van der Waals surface area contributed by atoms with Crippen molar-refractivity contribution in [1.29, 1.82) is 0 Å². The molecule has 0 atom stereocenters. The third kappa shape index (κ3) is 5.32. The summed E-state index contributed by atoms with van der Waals surface area (Å²) in [5.74, 6) is 2.24. The van der Waals surface area contributed by atoms with E-state index in [4.69, 9.17) is 9.47 Å². The number of hydrogen-bond donors (Lipinski definition) is 1. The van der Waals surface area contributed by atoms with Crippen LogP contribution in [0, 0.1) is 0 Å². The predicted molar refractivity (Wildman–Crippen MR) is 116 cm³/mol. The Kier molecular flexibility index (Phi) is 6.99. The van der Waals surface area contributed by atoms with Gasteiger partial charge in [-0.05, 0) is 56.5 Å². The molecule has 0 spiro atoms. The van der Waals surface area contributed by atoms with Crippen molar-refractivity contribution in [3.05, 3.63) is 54.0 Å². The summed E-state index contributed by atoms with van der Waals surface area (Å²) in [5, 5.41) is 10.6. The first-order chi connectivity index (χ1) is 15.2. The molecule has 0 radical (unpaired) electrons. The lowest BCUT2D eigenvalue weighted by atomic mass is 10.1. The molecule has 164 valence electrons. The number of hydrogen-bond acceptors (Lipinski definition) is 5. The van der Waals surface area contributed by atoms with E-state index in [1.165, 1.54) is 6.42 Å². The minimum Gasteiger partial charge on any atom is -0.490 e. The number of benzene rings is 1. The monoisotopic (exact) mass is 424 g/mol. The molecule has 8 heteroatoms. The molecule has 3 heterocycles. The van der Waals surface area contributed by atoms with Crippen LogP contribution in [-0.4, -0.2) is 51.7 Å². The minimum atomic E-state index is 0.0418. The van der Waals surface area contributed by atoms with Crippen LogP contribution < -0.4 is 14.8 Å². The third-order valence-corrected chi connectivity index (χ3v) is 5.46. The van der Waals surface area contributed by atoms with E-state index in [2.05, 4.69) is 15.5 Å². The zero-order valence-corrected chi connectivity index (χ0v) is 18.0. The Balaban J connectivity index is 1.34. The normalized spacial score (nSPS) is 14.0. The van der Waals surface area contributed by atoms with E-state index >= 15 is 0 Å². The molecule has 1 amide bonds. The highest BCUT2D eigenvalue weighted by atomic mass is 16.5. The Morgan fingerprint density at radius 3 is 2.74 bits per heavy atom. The summed E-state index contributed by atoms with van der Waals surface area (Å²) in [4.78, 5) is 14.3. The van der Waals surface area contributed by atoms with E-state index < -0.39 is 0 Å². The highest BCUT2D eigenvalue weighted by Gasteiger charge is 2.18. The van der Waals surface area contributed by atoms with Crippen LogP contribution in [0.25, 0.3) is 5.65 Å². The van der Waals surface area contributed by atoms with E-state index in [9.17, 15) is 4.79 Å². The maximum absolute atomic E-state index is 12.4. The topological polar surface area (TPSA) is 85.6 Å². The van der Waals surface area contributed by atoms with Gasteiger partial charge in [-0.3, -0.25) is 9.20 Å². The van der Waals surface area contributed by atoms with Gasteiger partial charge in [0.1, 0.15) is 13.1 Å². The zero-order valence-electron chi connectivity index (χ0n) is 18.0. The predicted octanol–water partition coefficient (Wildman–Crippen LogP) is 1.78. The smallest absolute Gasteiger partial charge is 0.260 e. The lowest BCUT2D eigenvalue weighted by Gasteiger charge is -2.26. The second kappa shape index (κ2) is 10.3. The molecule has 3 aromatic rings. The molecule has 1 aromatic carbocycles. The van der Waals surface area contributed by atoms with Gasteiger partial charge < -0.3 is 19.7 Å². The molecule has 8 nitrogen and oxygen atoms in total. The van der Waals surface area contributed by atoms with Gasteiger partial charge in [0.05, 0.1) is 6.61 Å². The molecule has 31 heavy (non-hydrogen) atoms. The van der Waals surface area contributed by atoms with Crippen molar-refractivity contribution in [2.24, 2.45) is 0 Å². The summed E-state index contributed by atoms with van der Waals surface area (Å²) in [5.41, 5.74) is 1.97. The van der Waals surface area contributed by atoms with Crippen molar-refractivity contribution in [3.63, 3.8) is 0 Å². The molecule has 2 aromatic heterocycles. The first kappa shape index (κ1) is 21.1. The maximum Gasteiger partial charge on any atom is 0.260 e. The average Bonchev–Trinajstić information content (AvgIpc) is 3.22.